The van der Waals surface area contributed by atoms with Crippen LogP contribution in [0.1, 0.15) is 41.0 Å². The molecule has 0 unspecified atom stereocenters. The number of rotatable bonds is 3. The highest BCUT2D eigenvalue weighted by Gasteiger charge is 2.26. The lowest BCUT2D eigenvalue weighted by Gasteiger charge is -2.29. The number of carbonyl (C=O) groups excluding carboxylic acids is 1. The maximum atomic E-state index is 13.9. The van der Waals surface area contributed by atoms with E-state index in [1.54, 1.807) is 17.0 Å². The fraction of sp³-hybridized carbons (Fsp3) is 0.389. The zero-order chi connectivity index (χ0) is 18.0. The standard InChI is InChI=1S/C18H20FN5O/c1-11(2)20-22-17-12(3)14-10-24(9-8-16(14)21-23-17)18(25)13-6-4-5-7-15(13)19/h4-7,11H,8-10H2,1-3H3. The second-order valence-corrected chi connectivity index (χ2v) is 6.34. The van der Waals surface area contributed by atoms with Gasteiger partial charge in [-0.2, -0.15) is 10.2 Å². The lowest BCUT2D eigenvalue weighted by molar-refractivity contribution is 0.0728. The highest BCUT2D eigenvalue weighted by atomic mass is 19.1. The van der Waals surface area contributed by atoms with Gasteiger partial charge in [-0.25, -0.2) is 4.39 Å². The van der Waals surface area contributed by atoms with Gasteiger partial charge < -0.3 is 4.90 Å². The molecule has 25 heavy (non-hydrogen) atoms. The van der Waals surface area contributed by atoms with Crippen molar-refractivity contribution in [2.24, 2.45) is 10.2 Å². The van der Waals surface area contributed by atoms with E-state index in [9.17, 15) is 9.18 Å². The number of benzene rings is 1. The molecule has 6 nitrogen and oxygen atoms in total. The summed E-state index contributed by atoms with van der Waals surface area (Å²) in [6.45, 7) is 6.62. The Morgan fingerprint density at radius 2 is 2.04 bits per heavy atom. The van der Waals surface area contributed by atoms with Crippen LogP contribution in [0.3, 0.4) is 0 Å². The molecule has 1 amide bonds. The molecule has 0 saturated carbocycles. The van der Waals surface area contributed by atoms with Gasteiger partial charge in [-0.15, -0.1) is 10.2 Å². The number of hydrogen-bond acceptors (Lipinski definition) is 5. The fourth-order valence-electron chi connectivity index (χ4n) is 2.76. The maximum absolute atomic E-state index is 13.9. The monoisotopic (exact) mass is 341 g/mol. The molecule has 1 aromatic carbocycles. The Morgan fingerprint density at radius 3 is 2.76 bits per heavy atom. The van der Waals surface area contributed by atoms with Gasteiger partial charge in [0.15, 0.2) is 5.82 Å². The number of carbonyl (C=O) groups is 1. The van der Waals surface area contributed by atoms with Crippen LogP contribution in [0.25, 0.3) is 0 Å². The van der Waals surface area contributed by atoms with E-state index in [1.165, 1.54) is 12.1 Å². The Labute approximate surface area is 145 Å². The summed E-state index contributed by atoms with van der Waals surface area (Å²) in [5.74, 6) is -0.354. The number of hydrogen-bond donors (Lipinski definition) is 0. The largest absolute Gasteiger partial charge is 0.334 e. The Bertz CT molecular complexity index is 834. The van der Waals surface area contributed by atoms with Crippen molar-refractivity contribution < 1.29 is 9.18 Å². The quantitative estimate of drug-likeness (QED) is 0.801. The minimum atomic E-state index is -0.505. The summed E-state index contributed by atoms with van der Waals surface area (Å²) in [5, 5.41) is 16.6. The first-order valence-electron chi connectivity index (χ1n) is 8.27. The molecule has 130 valence electrons. The number of fused-ring (bicyclic) bond motifs is 1. The van der Waals surface area contributed by atoms with Crippen molar-refractivity contribution in [2.75, 3.05) is 6.54 Å². The summed E-state index contributed by atoms with van der Waals surface area (Å²) in [4.78, 5) is 14.3. The summed E-state index contributed by atoms with van der Waals surface area (Å²) < 4.78 is 13.9. The number of nitrogens with zero attached hydrogens (tertiary/aromatic N) is 5. The van der Waals surface area contributed by atoms with Crippen molar-refractivity contribution in [2.45, 2.75) is 39.8 Å². The van der Waals surface area contributed by atoms with Crippen LogP contribution in [0.2, 0.25) is 0 Å². The molecule has 0 aliphatic carbocycles. The summed E-state index contributed by atoms with van der Waals surface area (Å²) in [5.41, 5.74) is 2.73. The first-order chi connectivity index (χ1) is 12.0. The van der Waals surface area contributed by atoms with Crippen LogP contribution in [-0.4, -0.2) is 33.6 Å². The van der Waals surface area contributed by atoms with E-state index in [0.717, 1.165) is 16.8 Å². The normalized spacial score (nSPS) is 14.2. The van der Waals surface area contributed by atoms with Gasteiger partial charge >= 0.3 is 0 Å². The molecule has 0 saturated heterocycles. The molecule has 1 aliphatic rings. The Hall–Kier alpha value is -2.70. The van der Waals surface area contributed by atoms with E-state index < -0.39 is 5.82 Å². The van der Waals surface area contributed by atoms with Crippen LogP contribution in [0.5, 0.6) is 0 Å². The van der Waals surface area contributed by atoms with Crippen molar-refractivity contribution in [1.29, 1.82) is 0 Å². The second-order valence-electron chi connectivity index (χ2n) is 6.34. The lowest BCUT2D eigenvalue weighted by atomic mass is 10.0. The lowest BCUT2D eigenvalue weighted by Crippen LogP contribution is -2.37. The molecule has 1 aromatic heterocycles. The van der Waals surface area contributed by atoms with Gasteiger partial charge in [0.05, 0.1) is 17.3 Å². The summed E-state index contributed by atoms with van der Waals surface area (Å²) in [6, 6.07) is 6.11. The van der Waals surface area contributed by atoms with Crippen molar-refractivity contribution in [1.82, 2.24) is 15.1 Å². The summed E-state index contributed by atoms with van der Waals surface area (Å²) >= 11 is 0. The molecule has 0 N–H and O–H groups in total. The first-order valence-corrected chi connectivity index (χ1v) is 8.27. The number of halogens is 1. The van der Waals surface area contributed by atoms with Crippen LogP contribution in [0.4, 0.5) is 10.2 Å². The molecule has 0 radical (unpaired) electrons. The Morgan fingerprint density at radius 1 is 1.28 bits per heavy atom. The zero-order valence-corrected chi connectivity index (χ0v) is 14.5. The van der Waals surface area contributed by atoms with Gasteiger partial charge in [0.25, 0.3) is 5.91 Å². The molecule has 0 fully saturated rings. The molecule has 7 heteroatoms. The number of aromatic nitrogens is 2. The molecule has 3 rings (SSSR count). The molecule has 0 atom stereocenters. The number of azo groups is 1. The van der Waals surface area contributed by atoms with Gasteiger partial charge in [-0.1, -0.05) is 12.1 Å². The van der Waals surface area contributed by atoms with Crippen molar-refractivity contribution in [3.05, 3.63) is 52.5 Å². The van der Waals surface area contributed by atoms with E-state index in [2.05, 4.69) is 20.4 Å². The van der Waals surface area contributed by atoms with Crippen LogP contribution >= 0.6 is 0 Å². The SMILES string of the molecule is Cc1c(N=NC(C)C)nnc2c1CN(C(=O)c1ccccc1F)CC2. The van der Waals surface area contributed by atoms with Gasteiger partial charge in [0.1, 0.15) is 5.82 Å². The van der Waals surface area contributed by atoms with E-state index in [1.807, 2.05) is 20.8 Å². The predicted octanol–water partition coefficient (Wildman–Crippen LogP) is 3.61. The topological polar surface area (TPSA) is 70.8 Å². The third kappa shape index (κ3) is 3.55. The molecule has 2 aromatic rings. The fourth-order valence-corrected chi connectivity index (χ4v) is 2.76. The molecule has 0 spiro atoms. The van der Waals surface area contributed by atoms with Gasteiger partial charge in [0, 0.05) is 30.6 Å². The van der Waals surface area contributed by atoms with Gasteiger partial charge in [0.2, 0.25) is 0 Å². The molecule has 2 heterocycles. The zero-order valence-electron chi connectivity index (χ0n) is 14.5. The van der Waals surface area contributed by atoms with E-state index in [0.29, 0.717) is 25.3 Å². The molecular formula is C18H20FN5O. The summed E-state index contributed by atoms with van der Waals surface area (Å²) in [6.07, 6.45) is 0.588. The highest BCUT2D eigenvalue weighted by molar-refractivity contribution is 5.94. The smallest absolute Gasteiger partial charge is 0.257 e. The highest BCUT2D eigenvalue weighted by Crippen LogP contribution is 2.27. The molecule has 0 bridgehead atoms. The minimum absolute atomic E-state index is 0.0661. The van der Waals surface area contributed by atoms with Crippen LogP contribution in [0.15, 0.2) is 34.5 Å². The average molecular weight is 341 g/mol. The van der Waals surface area contributed by atoms with Gasteiger partial charge in [-0.05, 0) is 32.9 Å². The van der Waals surface area contributed by atoms with Crippen molar-refractivity contribution in [3.8, 4) is 0 Å². The summed E-state index contributed by atoms with van der Waals surface area (Å²) in [7, 11) is 0. The van der Waals surface area contributed by atoms with Crippen molar-refractivity contribution >= 4 is 11.7 Å². The first kappa shape index (κ1) is 17.1. The van der Waals surface area contributed by atoms with Crippen LogP contribution in [-0.2, 0) is 13.0 Å². The van der Waals surface area contributed by atoms with Gasteiger partial charge in [-0.3, -0.25) is 4.79 Å². The Kier molecular flexibility index (Phi) is 4.83. The van der Waals surface area contributed by atoms with Crippen LogP contribution < -0.4 is 0 Å². The predicted molar refractivity (Wildman–Crippen MR) is 91.3 cm³/mol. The van der Waals surface area contributed by atoms with Crippen molar-refractivity contribution in [3.63, 3.8) is 0 Å². The van der Waals surface area contributed by atoms with E-state index in [4.69, 9.17) is 0 Å². The number of amides is 1. The van der Waals surface area contributed by atoms with Crippen LogP contribution in [0, 0.1) is 12.7 Å². The molecular weight excluding hydrogens is 321 g/mol. The third-order valence-corrected chi connectivity index (χ3v) is 4.14. The van der Waals surface area contributed by atoms with E-state index in [-0.39, 0.29) is 17.5 Å². The second kappa shape index (κ2) is 7.04. The van der Waals surface area contributed by atoms with E-state index >= 15 is 0 Å². The Balaban J connectivity index is 1.88. The third-order valence-electron chi connectivity index (χ3n) is 4.14. The average Bonchev–Trinajstić information content (AvgIpc) is 2.61. The molecule has 1 aliphatic heterocycles. The maximum Gasteiger partial charge on any atom is 0.257 e. The minimum Gasteiger partial charge on any atom is -0.334 e.